The fourth-order valence-electron chi connectivity index (χ4n) is 3.18. The molecular weight excluding hydrogens is 328 g/mol. The molecule has 0 radical (unpaired) electrons. The molecule has 5 rings (SSSR count). The molecule has 0 amide bonds. The summed E-state index contributed by atoms with van der Waals surface area (Å²) in [7, 11) is 1.67. The number of ether oxygens (including phenoxy) is 1. The number of fused-ring (bicyclic) bond motifs is 2. The highest BCUT2D eigenvalue weighted by Gasteiger charge is 2.17. The minimum Gasteiger partial charge on any atom is -0.496 e. The summed E-state index contributed by atoms with van der Waals surface area (Å²) < 4.78 is 5.19. The Labute approximate surface area is 151 Å². The van der Waals surface area contributed by atoms with E-state index in [-0.39, 0.29) is 0 Å². The third-order valence-electron chi connectivity index (χ3n) is 4.47. The first kappa shape index (κ1) is 16.3. The van der Waals surface area contributed by atoms with Crippen molar-refractivity contribution in [1.82, 2.24) is 24.9 Å². The summed E-state index contributed by atoms with van der Waals surface area (Å²) in [6.45, 7) is 2.18. The van der Waals surface area contributed by atoms with Crippen LogP contribution >= 0.6 is 0 Å². The van der Waals surface area contributed by atoms with Crippen LogP contribution in [0.4, 0.5) is 5.82 Å². The minimum atomic E-state index is 0.752. The lowest BCUT2D eigenvalue weighted by Crippen LogP contribution is -2.19. The average Bonchev–Trinajstić information content (AvgIpc) is 3.39. The first-order valence-corrected chi connectivity index (χ1v) is 8.62. The number of hydrogen-bond donors (Lipinski definition) is 1. The Morgan fingerprint density at radius 3 is 2.81 bits per heavy atom. The van der Waals surface area contributed by atoms with Crippen molar-refractivity contribution in [1.29, 1.82) is 0 Å². The number of methoxy groups -OCH3 is 1. The fourth-order valence-corrected chi connectivity index (χ4v) is 3.18. The standard InChI is InChI=1S/C10H9NO.C9H11N5/c1-12-10-4-2-3-8-5-6-11-7-9(8)10;1-2-4-14(3-1)9-7-8(11-5-10-7)12-6-13-9/h2-7H,1H3;5-6H,1-4H2,(H,10,11,12,13). The highest BCUT2D eigenvalue weighted by molar-refractivity contribution is 5.87. The lowest BCUT2D eigenvalue weighted by atomic mass is 10.2. The summed E-state index contributed by atoms with van der Waals surface area (Å²) in [5, 5.41) is 2.21. The Morgan fingerprint density at radius 1 is 1.08 bits per heavy atom. The van der Waals surface area contributed by atoms with E-state index in [0.717, 1.165) is 46.6 Å². The van der Waals surface area contributed by atoms with Crippen LogP contribution in [-0.2, 0) is 0 Å². The molecule has 4 heterocycles. The van der Waals surface area contributed by atoms with Gasteiger partial charge in [0.1, 0.15) is 17.6 Å². The van der Waals surface area contributed by atoms with Gasteiger partial charge in [0.2, 0.25) is 0 Å². The van der Waals surface area contributed by atoms with Gasteiger partial charge < -0.3 is 14.6 Å². The summed E-state index contributed by atoms with van der Waals surface area (Å²) in [6, 6.07) is 7.92. The summed E-state index contributed by atoms with van der Waals surface area (Å²) in [4.78, 5) is 21.9. The zero-order valence-corrected chi connectivity index (χ0v) is 14.6. The maximum Gasteiger partial charge on any atom is 0.182 e. The largest absolute Gasteiger partial charge is 0.496 e. The Morgan fingerprint density at radius 2 is 1.96 bits per heavy atom. The van der Waals surface area contributed by atoms with Gasteiger partial charge in [-0.05, 0) is 30.4 Å². The van der Waals surface area contributed by atoms with Crippen molar-refractivity contribution < 1.29 is 4.74 Å². The van der Waals surface area contributed by atoms with E-state index in [1.54, 1.807) is 26.0 Å². The molecule has 0 unspecified atom stereocenters. The van der Waals surface area contributed by atoms with Crippen molar-refractivity contribution >= 4 is 27.8 Å². The van der Waals surface area contributed by atoms with E-state index in [1.807, 2.05) is 30.5 Å². The van der Waals surface area contributed by atoms with E-state index in [2.05, 4.69) is 29.8 Å². The SMILES string of the molecule is COc1cccc2ccncc12.c1nc(N2CCCC2)c2[nH]cnc2n1. The maximum atomic E-state index is 5.19. The van der Waals surface area contributed by atoms with E-state index in [9.17, 15) is 0 Å². The van der Waals surface area contributed by atoms with Gasteiger partial charge in [-0.2, -0.15) is 0 Å². The Bertz CT molecular complexity index is 1000. The molecule has 26 heavy (non-hydrogen) atoms. The third kappa shape index (κ3) is 3.15. The van der Waals surface area contributed by atoms with Gasteiger partial charge in [0.15, 0.2) is 11.5 Å². The number of anilines is 1. The molecule has 1 N–H and O–H groups in total. The van der Waals surface area contributed by atoms with Crippen LogP contribution in [0.2, 0.25) is 0 Å². The molecule has 0 saturated carbocycles. The van der Waals surface area contributed by atoms with Gasteiger partial charge in [0.05, 0.1) is 13.4 Å². The summed E-state index contributed by atoms with van der Waals surface area (Å²) >= 11 is 0. The quantitative estimate of drug-likeness (QED) is 0.599. The monoisotopic (exact) mass is 348 g/mol. The number of nitrogens with one attached hydrogen (secondary N) is 1. The molecule has 4 aromatic rings. The molecule has 0 spiro atoms. The number of rotatable bonds is 2. The summed E-state index contributed by atoms with van der Waals surface area (Å²) in [5.74, 6) is 1.87. The molecule has 7 heteroatoms. The molecule has 1 aliphatic rings. The molecule has 1 aliphatic heterocycles. The number of benzene rings is 1. The number of nitrogens with zero attached hydrogens (tertiary/aromatic N) is 5. The number of hydrogen-bond acceptors (Lipinski definition) is 6. The van der Waals surface area contributed by atoms with Crippen LogP contribution in [0.15, 0.2) is 49.3 Å². The van der Waals surface area contributed by atoms with Crippen molar-refractivity contribution in [3.8, 4) is 5.75 Å². The van der Waals surface area contributed by atoms with Gasteiger partial charge in [-0.1, -0.05) is 12.1 Å². The summed E-state index contributed by atoms with van der Waals surface area (Å²) in [5.41, 5.74) is 1.70. The second kappa shape index (κ2) is 7.35. The van der Waals surface area contributed by atoms with Crippen molar-refractivity contribution in [2.45, 2.75) is 12.8 Å². The smallest absolute Gasteiger partial charge is 0.182 e. The van der Waals surface area contributed by atoms with Crippen molar-refractivity contribution in [3.63, 3.8) is 0 Å². The van der Waals surface area contributed by atoms with E-state index in [4.69, 9.17) is 4.74 Å². The molecule has 7 nitrogen and oxygen atoms in total. The Kier molecular flexibility index (Phi) is 4.59. The number of imidazole rings is 1. The Hall–Kier alpha value is -3.22. The van der Waals surface area contributed by atoms with Crippen molar-refractivity contribution in [2.75, 3.05) is 25.1 Å². The normalized spacial score (nSPS) is 13.7. The average molecular weight is 348 g/mol. The number of H-pyrrole nitrogens is 1. The molecule has 0 atom stereocenters. The predicted molar refractivity (Wildman–Crippen MR) is 101 cm³/mol. The second-order valence-electron chi connectivity index (χ2n) is 6.05. The first-order chi connectivity index (χ1) is 12.9. The van der Waals surface area contributed by atoms with E-state index < -0.39 is 0 Å². The van der Waals surface area contributed by atoms with Gasteiger partial charge in [-0.15, -0.1) is 0 Å². The molecule has 1 saturated heterocycles. The second-order valence-corrected chi connectivity index (χ2v) is 6.05. The van der Waals surface area contributed by atoms with Gasteiger partial charge in [0.25, 0.3) is 0 Å². The molecule has 1 aromatic carbocycles. The van der Waals surface area contributed by atoms with Crippen LogP contribution in [0.1, 0.15) is 12.8 Å². The van der Waals surface area contributed by atoms with Gasteiger partial charge in [0, 0.05) is 30.9 Å². The number of aromatic amines is 1. The highest BCUT2D eigenvalue weighted by Crippen LogP contribution is 2.24. The highest BCUT2D eigenvalue weighted by atomic mass is 16.5. The maximum absolute atomic E-state index is 5.19. The Balaban J connectivity index is 0.000000131. The van der Waals surface area contributed by atoms with Crippen molar-refractivity contribution in [3.05, 3.63) is 49.3 Å². The van der Waals surface area contributed by atoms with Crippen molar-refractivity contribution in [2.24, 2.45) is 0 Å². The lowest BCUT2D eigenvalue weighted by Gasteiger charge is -2.15. The van der Waals surface area contributed by atoms with Crippen LogP contribution < -0.4 is 9.64 Å². The zero-order valence-electron chi connectivity index (χ0n) is 14.6. The third-order valence-corrected chi connectivity index (χ3v) is 4.47. The minimum absolute atomic E-state index is 0.752. The van der Waals surface area contributed by atoms with Crippen LogP contribution in [0, 0.1) is 0 Å². The van der Waals surface area contributed by atoms with E-state index in [0.29, 0.717) is 0 Å². The molecule has 132 valence electrons. The molecule has 0 aliphatic carbocycles. The van der Waals surface area contributed by atoms with Gasteiger partial charge in [-0.3, -0.25) is 4.98 Å². The number of pyridine rings is 1. The lowest BCUT2D eigenvalue weighted by molar-refractivity contribution is 0.419. The van der Waals surface area contributed by atoms with E-state index >= 15 is 0 Å². The zero-order chi connectivity index (χ0) is 17.8. The van der Waals surface area contributed by atoms with Crippen LogP contribution in [-0.4, -0.2) is 45.1 Å². The van der Waals surface area contributed by atoms with E-state index in [1.165, 1.54) is 12.8 Å². The first-order valence-electron chi connectivity index (χ1n) is 8.62. The molecule has 3 aromatic heterocycles. The van der Waals surface area contributed by atoms with Crippen LogP contribution in [0.25, 0.3) is 21.9 Å². The molecule has 1 fully saturated rings. The van der Waals surface area contributed by atoms with Gasteiger partial charge in [-0.25, -0.2) is 15.0 Å². The summed E-state index contributed by atoms with van der Waals surface area (Å²) in [6.07, 6.45) is 9.34. The fraction of sp³-hybridized carbons (Fsp3) is 0.263. The number of aromatic nitrogens is 5. The van der Waals surface area contributed by atoms with Crippen LogP contribution in [0.5, 0.6) is 5.75 Å². The van der Waals surface area contributed by atoms with Crippen LogP contribution in [0.3, 0.4) is 0 Å². The van der Waals surface area contributed by atoms with Gasteiger partial charge >= 0.3 is 0 Å². The predicted octanol–water partition coefficient (Wildman–Crippen LogP) is 3.20. The molecular formula is C19H20N6O. The molecule has 0 bridgehead atoms. The topological polar surface area (TPSA) is 79.8 Å².